The zero-order valence-corrected chi connectivity index (χ0v) is 8.40. The molecule has 0 amide bonds. The Morgan fingerprint density at radius 1 is 1.50 bits per heavy atom. The monoisotopic (exact) mass is 201 g/mol. The third-order valence-corrected chi connectivity index (χ3v) is 1.60. The van der Waals surface area contributed by atoms with Crippen molar-refractivity contribution < 1.29 is 19.4 Å². The molecule has 0 aromatic rings. The first-order chi connectivity index (χ1) is 6.56. The van der Waals surface area contributed by atoms with Crippen LogP contribution in [0.4, 0.5) is 0 Å². The van der Waals surface area contributed by atoms with Crippen molar-refractivity contribution in [3.8, 4) is 0 Å². The van der Waals surface area contributed by atoms with Crippen molar-refractivity contribution >= 4 is 11.9 Å². The van der Waals surface area contributed by atoms with Gasteiger partial charge >= 0.3 is 11.9 Å². The first-order valence-electron chi connectivity index (χ1n) is 4.21. The predicted octanol–water partition coefficient (Wildman–Crippen LogP) is 0.122. The van der Waals surface area contributed by atoms with E-state index >= 15 is 0 Å². The van der Waals surface area contributed by atoms with Crippen molar-refractivity contribution in [3.05, 3.63) is 12.2 Å². The van der Waals surface area contributed by atoms with Gasteiger partial charge in [-0.3, -0.25) is 4.79 Å². The van der Waals surface area contributed by atoms with Crippen LogP contribution in [0, 0.1) is 0 Å². The molecule has 0 bridgehead atoms. The number of nitrogens with zero attached hydrogens (tertiary/aromatic N) is 1. The van der Waals surface area contributed by atoms with E-state index in [1.165, 1.54) is 13.2 Å². The summed E-state index contributed by atoms with van der Waals surface area (Å²) in [6, 6.07) is 0. The summed E-state index contributed by atoms with van der Waals surface area (Å²) in [6.07, 6.45) is 2.92. The minimum absolute atomic E-state index is 0.265. The average molecular weight is 201 g/mol. The first-order valence-corrected chi connectivity index (χ1v) is 4.21. The van der Waals surface area contributed by atoms with Crippen LogP contribution in [0.3, 0.4) is 0 Å². The van der Waals surface area contributed by atoms with Crippen LogP contribution in [0.15, 0.2) is 12.2 Å². The number of carboxylic acid groups (broad SMARTS) is 1. The zero-order valence-electron chi connectivity index (χ0n) is 8.40. The maximum Gasteiger partial charge on any atom is 0.328 e. The normalized spacial score (nSPS) is 10.8. The highest BCUT2D eigenvalue weighted by atomic mass is 16.5. The van der Waals surface area contributed by atoms with Crippen LogP contribution in [0.1, 0.15) is 6.42 Å². The van der Waals surface area contributed by atoms with Gasteiger partial charge in [0.1, 0.15) is 0 Å². The van der Waals surface area contributed by atoms with E-state index in [4.69, 9.17) is 5.11 Å². The lowest BCUT2D eigenvalue weighted by Crippen LogP contribution is -2.22. The van der Waals surface area contributed by atoms with Gasteiger partial charge < -0.3 is 14.7 Å². The van der Waals surface area contributed by atoms with Gasteiger partial charge in [-0.2, -0.15) is 0 Å². The lowest BCUT2D eigenvalue weighted by molar-refractivity contribution is -0.141. The van der Waals surface area contributed by atoms with E-state index in [2.05, 4.69) is 4.74 Å². The lowest BCUT2D eigenvalue weighted by Gasteiger charge is -2.12. The molecule has 0 aromatic carbocycles. The molecule has 0 radical (unpaired) electrons. The Kier molecular flexibility index (Phi) is 6.39. The van der Waals surface area contributed by atoms with Gasteiger partial charge in [-0.25, -0.2) is 4.79 Å². The third kappa shape index (κ3) is 7.30. The van der Waals surface area contributed by atoms with Gasteiger partial charge in [-0.15, -0.1) is 0 Å². The van der Waals surface area contributed by atoms with Crippen molar-refractivity contribution in [2.75, 3.05) is 27.2 Å². The topological polar surface area (TPSA) is 66.8 Å². The molecule has 0 atom stereocenters. The number of aliphatic carboxylic acids is 1. The molecular weight excluding hydrogens is 186 g/mol. The molecule has 5 heteroatoms. The van der Waals surface area contributed by atoms with Gasteiger partial charge in [0.2, 0.25) is 0 Å². The van der Waals surface area contributed by atoms with Crippen LogP contribution in [0.25, 0.3) is 0 Å². The number of hydrogen-bond donors (Lipinski definition) is 1. The van der Waals surface area contributed by atoms with Gasteiger partial charge in [-0.05, 0) is 7.05 Å². The van der Waals surface area contributed by atoms with E-state index < -0.39 is 5.97 Å². The second-order valence-corrected chi connectivity index (χ2v) is 2.83. The minimum atomic E-state index is -0.966. The second kappa shape index (κ2) is 7.08. The number of carbonyl (C=O) groups excluding carboxylic acids is 1. The number of ether oxygens (including phenoxy) is 1. The van der Waals surface area contributed by atoms with E-state index in [9.17, 15) is 9.59 Å². The summed E-state index contributed by atoms with van der Waals surface area (Å²) in [4.78, 5) is 22.7. The van der Waals surface area contributed by atoms with E-state index in [0.29, 0.717) is 19.5 Å². The molecule has 14 heavy (non-hydrogen) atoms. The molecule has 0 spiro atoms. The molecule has 0 aliphatic carbocycles. The van der Waals surface area contributed by atoms with E-state index in [0.717, 1.165) is 6.08 Å². The molecule has 0 unspecified atom stereocenters. The zero-order chi connectivity index (χ0) is 11.0. The Hall–Kier alpha value is -1.36. The van der Waals surface area contributed by atoms with Crippen LogP contribution >= 0.6 is 0 Å². The molecule has 0 fully saturated rings. The summed E-state index contributed by atoms with van der Waals surface area (Å²) in [5, 5.41) is 8.30. The van der Waals surface area contributed by atoms with Gasteiger partial charge in [0.05, 0.1) is 13.5 Å². The van der Waals surface area contributed by atoms with Crippen molar-refractivity contribution in [2.24, 2.45) is 0 Å². The summed E-state index contributed by atoms with van der Waals surface area (Å²) in [7, 11) is 3.14. The molecule has 1 N–H and O–H groups in total. The van der Waals surface area contributed by atoms with Crippen molar-refractivity contribution in [3.63, 3.8) is 0 Å². The average Bonchev–Trinajstić information content (AvgIpc) is 2.13. The van der Waals surface area contributed by atoms with E-state index in [-0.39, 0.29) is 5.97 Å². The highest BCUT2D eigenvalue weighted by molar-refractivity contribution is 5.79. The van der Waals surface area contributed by atoms with Crippen LogP contribution in [0.2, 0.25) is 0 Å². The molecule has 0 saturated carbocycles. The van der Waals surface area contributed by atoms with E-state index in [1.54, 1.807) is 7.05 Å². The summed E-state index contributed by atoms with van der Waals surface area (Å²) < 4.78 is 4.47. The fraction of sp³-hybridized carbons (Fsp3) is 0.556. The van der Waals surface area contributed by atoms with Crippen LogP contribution < -0.4 is 0 Å². The Bertz CT molecular complexity index is 225. The molecule has 0 aliphatic rings. The molecule has 0 aromatic heterocycles. The highest BCUT2D eigenvalue weighted by Gasteiger charge is 2.02. The van der Waals surface area contributed by atoms with Gasteiger partial charge in [0.25, 0.3) is 0 Å². The summed E-state index contributed by atoms with van der Waals surface area (Å²) in [5.41, 5.74) is 0. The predicted molar refractivity (Wildman–Crippen MR) is 50.9 cm³/mol. The van der Waals surface area contributed by atoms with Gasteiger partial charge in [0, 0.05) is 19.2 Å². The fourth-order valence-electron chi connectivity index (χ4n) is 0.809. The Morgan fingerprint density at radius 3 is 2.64 bits per heavy atom. The quantitative estimate of drug-likeness (QED) is 0.488. The smallest absolute Gasteiger partial charge is 0.328 e. The largest absolute Gasteiger partial charge is 0.478 e. The summed E-state index contributed by atoms with van der Waals surface area (Å²) >= 11 is 0. The standard InChI is InChI=1S/C9H15NO4/c1-10(6-3-4-8(11)12)7-5-9(13)14-2/h3-4H,5-7H2,1-2H3,(H,11,12)/b4-3+. The number of carboxylic acids is 1. The Labute approximate surface area is 83.0 Å². The van der Waals surface area contributed by atoms with Crippen molar-refractivity contribution in [1.82, 2.24) is 4.90 Å². The SMILES string of the molecule is COC(=O)CCN(C)C/C=C/C(=O)O. The van der Waals surface area contributed by atoms with Crippen molar-refractivity contribution in [1.29, 1.82) is 0 Å². The molecule has 5 nitrogen and oxygen atoms in total. The minimum Gasteiger partial charge on any atom is -0.478 e. The van der Waals surface area contributed by atoms with Crippen LogP contribution in [0.5, 0.6) is 0 Å². The van der Waals surface area contributed by atoms with Crippen LogP contribution in [-0.2, 0) is 14.3 Å². The number of hydrogen-bond acceptors (Lipinski definition) is 4. The number of esters is 1. The van der Waals surface area contributed by atoms with Gasteiger partial charge in [0.15, 0.2) is 0 Å². The number of rotatable bonds is 6. The molecule has 0 aliphatic heterocycles. The number of methoxy groups -OCH3 is 1. The highest BCUT2D eigenvalue weighted by Crippen LogP contribution is 1.90. The molecular formula is C9H15NO4. The molecule has 0 saturated heterocycles. The number of carbonyl (C=O) groups is 2. The summed E-state index contributed by atoms with van der Waals surface area (Å²) in [5.74, 6) is -1.23. The molecule has 0 heterocycles. The van der Waals surface area contributed by atoms with Crippen LogP contribution in [-0.4, -0.2) is 49.2 Å². The molecule has 0 rings (SSSR count). The number of likely N-dealkylation sites (N-methyl/N-ethyl adjacent to an activating group) is 1. The maximum atomic E-state index is 10.7. The van der Waals surface area contributed by atoms with Gasteiger partial charge in [-0.1, -0.05) is 6.08 Å². The fourth-order valence-corrected chi connectivity index (χ4v) is 0.809. The van der Waals surface area contributed by atoms with E-state index in [1.807, 2.05) is 4.90 Å². The molecule has 80 valence electrons. The third-order valence-electron chi connectivity index (χ3n) is 1.60. The maximum absolute atomic E-state index is 10.7. The Morgan fingerprint density at radius 2 is 2.14 bits per heavy atom. The second-order valence-electron chi connectivity index (χ2n) is 2.83. The lowest BCUT2D eigenvalue weighted by atomic mass is 10.4. The Balaban J connectivity index is 3.60. The first kappa shape index (κ1) is 12.6. The van der Waals surface area contributed by atoms with Crippen molar-refractivity contribution in [2.45, 2.75) is 6.42 Å². The summed E-state index contributed by atoms with van der Waals surface area (Å²) in [6.45, 7) is 1.06.